The van der Waals surface area contributed by atoms with Crippen LogP contribution in [0.3, 0.4) is 0 Å². The second-order valence-electron chi connectivity index (χ2n) is 5.62. The van der Waals surface area contributed by atoms with E-state index in [-0.39, 0.29) is 0 Å². The fourth-order valence-electron chi connectivity index (χ4n) is 2.85. The van der Waals surface area contributed by atoms with Crippen molar-refractivity contribution >= 4 is 21.6 Å². The van der Waals surface area contributed by atoms with Gasteiger partial charge in [0.05, 0.1) is 11.7 Å². The van der Waals surface area contributed by atoms with Crippen LogP contribution < -0.4 is 10.2 Å². The van der Waals surface area contributed by atoms with E-state index >= 15 is 0 Å². The zero-order valence-corrected chi connectivity index (χ0v) is 13.7. The van der Waals surface area contributed by atoms with Crippen LogP contribution in [-0.2, 0) is 0 Å². The highest BCUT2D eigenvalue weighted by Gasteiger charge is 2.27. The van der Waals surface area contributed by atoms with Gasteiger partial charge in [0.15, 0.2) is 0 Å². The van der Waals surface area contributed by atoms with Crippen LogP contribution in [-0.4, -0.2) is 50.7 Å². The standard InChI is InChI=1S/C15H24BrN3/c1-12-8-9-17-10-13(11-18(2)3)19(12)15-7-5-4-6-14(15)16/h4-7,12-13,17H,8-11H2,1-3H3. The van der Waals surface area contributed by atoms with Gasteiger partial charge in [0, 0.05) is 23.6 Å². The summed E-state index contributed by atoms with van der Waals surface area (Å²) in [6.07, 6.45) is 1.19. The molecule has 1 aromatic rings. The zero-order valence-electron chi connectivity index (χ0n) is 12.1. The summed E-state index contributed by atoms with van der Waals surface area (Å²) in [6, 6.07) is 9.61. The maximum atomic E-state index is 3.70. The Hall–Kier alpha value is -0.580. The summed E-state index contributed by atoms with van der Waals surface area (Å²) < 4.78 is 1.19. The highest BCUT2D eigenvalue weighted by Crippen LogP contribution is 2.30. The Kier molecular flexibility index (Phi) is 5.25. The minimum absolute atomic E-state index is 0.506. The van der Waals surface area contributed by atoms with Crippen LogP contribution >= 0.6 is 15.9 Å². The molecule has 106 valence electrons. The molecule has 0 aromatic heterocycles. The Morgan fingerprint density at radius 3 is 2.79 bits per heavy atom. The molecule has 1 N–H and O–H groups in total. The van der Waals surface area contributed by atoms with Gasteiger partial charge >= 0.3 is 0 Å². The minimum Gasteiger partial charge on any atom is -0.362 e. The molecule has 2 rings (SSSR count). The maximum absolute atomic E-state index is 3.70. The Morgan fingerprint density at radius 1 is 1.37 bits per heavy atom. The Bertz CT molecular complexity index is 408. The van der Waals surface area contributed by atoms with Gasteiger partial charge < -0.3 is 15.1 Å². The number of nitrogens with one attached hydrogen (secondary N) is 1. The van der Waals surface area contributed by atoms with Crippen molar-refractivity contribution in [2.45, 2.75) is 25.4 Å². The highest BCUT2D eigenvalue weighted by molar-refractivity contribution is 9.10. The van der Waals surface area contributed by atoms with E-state index < -0.39 is 0 Å². The fourth-order valence-corrected chi connectivity index (χ4v) is 3.34. The van der Waals surface area contributed by atoms with Crippen molar-refractivity contribution in [2.75, 3.05) is 38.6 Å². The van der Waals surface area contributed by atoms with E-state index in [1.807, 2.05) is 0 Å². The van der Waals surface area contributed by atoms with E-state index in [9.17, 15) is 0 Å². The van der Waals surface area contributed by atoms with Gasteiger partial charge in [0.2, 0.25) is 0 Å². The molecule has 3 nitrogen and oxygen atoms in total. The van der Waals surface area contributed by atoms with Gasteiger partial charge in [-0.2, -0.15) is 0 Å². The average molecular weight is 326 g/mol. The van der Waals surface area contributed by atoms with Gasteiger partial charge in [-0.25, -0.2) is 0 Å². The van der Waals surface area contributed by atoms with E-state index in [1.165, 1.54) is 16.6 Å². The van der Waals surface area contributed by atoms with Crippen LogP contribution in [0, 0.1) is 0 Å². The molecule has 0 aliphatic carbocycles. The van der Waals surface area contributed by atoms with Crippen molar-refractivity contribution in [1.29, 1.82) is 0 Å². The van der Waals surface area contributed by atoms with E-state index in [1.54, 1.807) is 0 Å². The summed E-state index contributed by atoms with van der Waals surface area (Å²) >= 11 is 3.70. The minimum atomic E-state index is 0.506. The van der Waals surface area contributed by atoms with Gasteiger partial charge in [-0.3, -0.25) is 0 Å². The molecule has 1 heterocycles. The van der Waals surface area contributed by atoms with Crippen molar-refractivity contribution in [1.82, 2.24) is 10.2 Å². The second kappa shape index (κ2) is 6.73. The highest BCUT2D eigenvalue weighted by atomic mass is 79.9. The maximum Gasteiger partial charge on any atom is 0.0544 e. The first-order valence-corrected chi connectivity index (χ1v) is 7.77. The molecule has 0 amide bonds. The number of para-hydroxylation sites is 1. The molecular formula is C15H24BrN3. The second-order valence-corrected chi connectivity index (χ2v) is 6.47. The smallest absolute Gasteiger partial charge is 0.0544 e. The van der Waals surface area contributed by atoms with Crippen molar-refractivity contribution < 1.29 is 0 Å². The summed E-state index contributed by atoms with van der Waals surface area (Å²) in [4.78, 5) is 4.85. The number of likely N-dealkylation sites (N-methyl/N-ethyl adjacent to an activating group) is 1. The van der Waals surface area contributed by atoms with Crippen LogP contribution in [0.2, 0.25) is 0 Å². The molecule has 1 aromatic carbocycles. The van der Waals surface area contributed by atoms with Gasteiger partial charge in [-0.15, -0.1) is 0 Å². The van der Waals surface area contributed by atoms with Crippen LogP contribution in [0.25, 0.3) is 0 Å². The first-order chi connectivity index (χ1) is 9.09. The van der Waals surface area contributed by atoms with E-state index in [4.69, 9.17) is 0 Å². The number of nitrogens with zero attached hydrogens (tertiary/aromatic N) is 2. The monoisotopic (exact) mass is 325 g/mol. The number of rotatable bonds is 3. The molecule has 0 radical (unpaired) electrons. The third-order valence-electron chi connectivity index (χ3n) is 3.69. The van der Waals surface area contributed by atoms with Crippen molar-refractivity contribution in [3.63, 3.8) is 0 Å². The number of halogens is 1. The Morgan fingerprint density at radius 2 is 2.11 bits per heavy atom. The zero-order chi connectivity index (χ0) is 13.8. The van der Waals surface area contributed by atoms with Crippen LogP contribution in [0.4, 0.5) is 5.69 Å². The molecule has 1 aliphatic heterocycles. The molecule has 1 saturated heterocycles. The Labute approximate surface area is 125 Å². The van der Waals surface area contributed by atoms with Crippen LogP contribution in [0.5, 0.6) is 0 Å². The van der Waals surface area contributed by atoms with E-state index in [2.05, 4.69) is 76.3 Å². The molecule has 4 heteroatoms. The summed E-state index contributed by atoms with van der Waals surface area (Å²) in [5, 5.41) is 3.57. The third-order valence-corrected chi connectivity index (χ3v) is 4.36. The first kappa shape index (κ1) is 14.8. The third kappa shape index (κ3) is 3.71. The van der Waals surface area contributed by atoms with E-state index in [0.29, 0.717) is 12.1 Å². The molecule has 1 fully saturated rings. The lowest BCUT2D eigenvalue weighted by atomic mass is 10.1. The fraction of sp³-hybridized carbons (Fsp3) is 0.600. The van der Waals surface area contributed by atoms with E-state index in [0.717, 1.165) is 19.6 Å². The predicted molar refractivity (Wildman–Crippen MR) is 85.9 cm³/mol. The molecule has 0 saturated carbocycles. The molecule has 2 unspecified atom stereocenters. The number of anilines is 1. The number of hydrogen-bond donors (Lipinski definition) is 1. The molecule has 0 bridgehead atoms. The summed E-state index contributed by atoms with van der Waals surface area (Å²) in [5.41, 5.74) is 1.31. The summed E-state index contributed by atoms with van der Waals surface area (Å²) in [6.45, 7) is 5.55. The van der Waals surface area contributed by atoms with Crippen molar-refractivity contribution in [3.05, 3.63) is 28.7 Å². The topological polar surface area (TPSA) is 18.5 Å². The molecule has 19 heavy (non-hydrogen) atoms. The lowest BCUT2D eigenvalue weighted by Gasteiger charge is -2.38. The van der Waals surface area contributed by atoms with Gasteiger partial charge in [-0.1, -0.05) is 12.1 Å². The normalized spacial score (nSPS) is 24.6. The first-order valence-electron chi connectivity index (χ1n) is 6.98. The molecule has 2 atom stereocenters. The number of hydrogen-bond acceptors (Lipinski definition) is 3. The van der Waals surface area contributed by atoms with Gasteiger partial charge in [-0.05, 0) is 62.0 Å². The molecule has 1 aliphatic rings. The quantitative estimate of drug-likeness (QED) is 0.921. The van der Waals surface area contributed by atoms with Gasteiger partial charge in [0.25, 0.3) is 0 Å². The van der Waals surface area contributed by atoms with Crippen molar-refractivity contribution in [3.8, 4) is 0 Å². The van der Waals surface area contributed by atoms with Crippen molar-refractivity contribution in [2.24, 2.45) is 0 Å². The predicted octanol–water partition coefficient (Wildman–Crippen LogP) is 2.57. The Balaban J connectivity index is 2.31. The van der Waals surface area contributed by atoms with Gasteiger partial charge in [0.1, 0.15) is 0 Å². The largest absolute Gasteiger partial charge is 0.362 e. The SMILES string of the molecule is CC1CCNCC(CN(C)C)N1c1ccccc1Br. The number of benzene rings is 1. The van der Waals surface area contributed by atoms with Crippen LogP contribution in [0.1, 0.15) is 13.3 Å². The lowest BCUT2D eigenvalue weighted by molar-refractivity contribution is 0.354. The molecular weight excluding hydrogens is 302 g/mol. The average Bonchev–Trinajstić information content (AvgIpc) is 2.52. The lowest BCUT2D eigenvalue weighted by Crippen LogP contribution is -2.49. The van der Waals surface area contributed by atoms with Crippen LogP contribution in [0.15, 0.2) is 28.7 Å². The summed E-state index contributed by atoms with van der Waals surface area (Å²) in [7, 11) is 4.29. The summed E-state index contributed by atoms with van der Waals surface area (Å²) in [5.74, 6) is 0. The molecule has 0 spiro atoms.